The molecule has 1 aromatic heterocycles. The van der Waals surface area contributed by atoms with E-state index in [-0.39, 0.29) is 18.2 Å². The predicted molar refractivity (Wildman–Crippen MR) is 141 cm³/mol. The number of carbonyl (C=O) groups excluding carboxylic acids is 2. The van der Waals surface area contributed by atoms with E-state index in [1.54, 1.807) is 6.07 Å². The molecule has 36 heavy (non-hydrogen) atoms. The third kappa shape index (κ3) is 7.52. The first kappa shape index (κ1) is 27.6. The van der Waals surface area contributed by atoms with Crippen LogP contribution in [0.25, 0.3) is 10.4 Å². The SMILES string of the molecule is CC(C)(C)OC[C@@H](C(=O)O)N(CCc1cccc(-c2cc(C(N)=O)c(NC(N)=O)s2)c1)C1CCCC1. The Kier molecular flexibility index (Phi) is 9.10. The standard InChI is InChI=1S/C26H36N4O5S/c1-26(2,3)35-15-20(24(32)33)30(18-9-4-5-10-18)12-11-16-7-6-8-17(13-16)21-14-19(22(27)31)23(36-21)29-25(28)34/h6-8,13-14,18,20H,4-5,9-12,15H2,1-3H3,(H2,27,31)(H,32,33)(H3,28,29,34)/t20-/m0/s1. The maximum Gasteiger partial charge on any atom is 0.323 e. The van der Waals surface area contributed by atoms with Gasteiger partial charge in [-0.15, -0.1) is 11.3 Å². The van der Waals surface area contributed by atoms with Crippen LogP contribution in [0.4, 0.5) is 9.80 Å². The van der Waals surface area contributed by atoms with Gasteiger partial charge in [0.15, 0.2) is 0 Å². The van der Waals surface area contributed by atoms with Gasteiger partial charge in [0.2, 0.25) is 0 Å². The van der Waals surface area contributed by atoms with Crippen molar-refractivity contribution in [1.82, 2.24) is 4.90 Å². The highest BCUT2D eigenvalue weighted by Crippen LogP contribution is 2.36. The lowest BCUT2D eigenvalue weighted by Crippen LogP contribution is -2.50. The number of urea groups is 1. The largest absolute Gasteiger partial charge is 0.480 e. The normalized spacial score (nSPS) is 15.2. The van der Waals surface area contributed by atoms with Gasteiger partial charge in [-0.05, 0) is 57.2 Å². The molecule has 1 atom stereocenters. The molecule has 1 heterocycles. The molecule has 1 fully saturated rings. The van der Waals surface area contributed by atoms with Crippen molar-refractivity contribution in [3.05, 3.63) is 41.5 Å². The number of anilines is 1. The number of hydrogen-bond donors (Lipinski definition) is 4. The van der Waals surface area contributed by atoms with Gasteiger partial charge in [0.1, 0.15) is 11.0 Å². The molecular formula is C26H36N4O5S. The molecule has 0 bridgehead atoms. The average Bonchev–Trinajstić information content (AvgIpc) is 3.45. The highest BCUT2D eigenvalue weighted by atomic mass is 32.1. The fourth-order valence-electron chi connectivity index (χ4n) is 4.53. The van der Waals surface area contributed by atoms with E-state index >= 15 is 0 Å². The highest BCUT2D eigenvalue weighted by Gasteiger charge is 2.34. The van der Waals surface area contributed by atoms with Crippen LogP contribution in [0.15, 0.2) is 30.3 Å². The van der Waals surface area contributed by atoms with Gasteiger partial charge in [0, 0.05) is 17.5 Å². The van der Waals surface area contributed by atoms with Crippen molar-refractivity contribution in [2.45, 2.75) is 70.6 Å². The van der Waals surface area contributed by atoms with Crippen molar-refractivity contribution >= 4 is 34.2 Å². The number of carboxylic acid groups (broad SMARTS) is 1. The van der Waals surface area contributed by atoms with Crippen molar-refractivity contribution < 1.29 is 24.2 Å². The number of benzene rings is 1. The summed E-state index contributed by atoms with van der Waals surface area (Å²) in [5.41, 5.74) is 12.4. The van der Waals surface area contributed by atoms with E-state index in [0.717, 1.165) is 41.7 Å². The Morgan fingerprint density at radius 3 is 2.47 bits per heavy atom. The molecule has 0 aliphatic heterocycles. The van der Waals surface area contributed by atoms with Gasteiger partial charge in [-0.1, -0.05) is 37.1 Å². The summed E-state index contributed by atoms with van der Waals surface area (Å²) in [7, 11) is 0. The lowest BCUT2D eigenvalue weighted by Gasteiger charge is -2.35. The van der Waals surface area contributed by atoms with Gasteiger partial charge in [-0.2, -0.15) is 0 Å². The number of thiophene rings is 1. The summed E-state index contributed by atoms with van der Waals surface area (Å²) in [6.07, 6.45) is 4.83. The zero-order chi connectivity index (χ0) is 26.5. The van der Waals surface area contributed by atoms with Crippen LogP contribution in [0.2, 0.25) is 0 Å². The third-order valence-corrected chi connectivity index (χ3v) is 7.36. The monoisotopic (exact) mass is 516 g/mol. The summed E-state index contributed by atoms with van der Waals surface area (Å²) in [6.45, 7) is 6.50. The zero-order valence-corrected chi connectivity index (χ0v) is 21.9. The Morgan fingerprint density at radius 1 is 1.19 bits per heavy atom. The third-order valence-electron chi connectivity index (χ3n) is 6.26. The van der Waals surface area contributed by atoms with Crippen LogP contribution >= 0.6 is 11.3 Å². The van der Waals surface area contributed by atoms with Crippen molar-refractivity contribution in [3.8, 4) is 10.4 Å². The Bertz CT molecular complexity index is 1090. The van der Waals surface area contributed by atoms with Gasteiger partial charge in [0.05, 0.1) is 17.8 Å². The predicted octanol–water partition coefficient (Wildman–Crippen LogP) is 4.06. The molecule has 2 aromatic rings. The minimum atomic E-state index is -0.869. The molecule has 0 radical (unpaired) electrons. The number of amides is 3. The molecule has 0 saturated heterocycles. The van der Waals surface area contributed by atoms with Gasteiger partial charge in [-0.3, -0.25) is 19.8 Å². The first-order valence-corrected chi connectivity index (χ1v) is 13.0. The van der Waals surface area contributed by atoms with E-state index < -0.39 is 29.6 Å². The van der Waals surface area contributed by atoms with Crippen LogP contribution in [0, 0.1) is 0 Å². The molecule has 1 aliphatic rings. The molecule has 3 rings (SSSR count). The molecule has 1 aromatic carbocycles. The van der Waals surface area contributed by atoms with Gasteiger partial charge < -0.3 is 21.3 Å². The van der Waals surface area contributed by atoms with E-state index in [1.807, 2.05) is 45.0 Å². The van der Waals surface area contributed by atoms with Gasteiger partial charge >= 0.3 is 12.0 Å². The van der Waals surface area contributed by atoms with Crippen LogP contribution in [-0.2, 0) is 16.0 Å². The van der Waals surface area contributed by atoms with Gasteiger partial charge in [0.25, 0.3) is 5.91 Å². The maximum atomic E-state index is 12.2. The number of aliphatic carboxylic acids is 1. The minimum absolute atomic E-state index is 0.135. The Labute approximate surface area is 215 Å². The number of carboxylic acids is 1. The molecule has 6 N–H and O–H groups in total. The van der Waals surface area contributed by atoms with Crippen LogP contribution in [0.1, 0.15) is 62.4 Å². The van der Waals surface area contributed by atoms with Crippen LogP contribution in [0.3, 0.4) is 0 Å². The molecule has 1 aliphatic carbocycles. The van der Waals surface area contributed by atoms with E-state index in [4.69, 9.17) is 16.2 Å². The smallest absolute Gasteiger partial charge is 0.323 e. The summed E-state index contributed by atoms with van der Waals surface area (Å²) < 4.78 is 5.88. The van der Waals surface area contributed by atoms with E-state index in [2.05, 4.69) is 10.2 Å². The summed E-state index contributed by atoms with van der Waals surface area (Å²) in [5.74, 6) is -1.52. The Balaban J connectivity index is 1.81. The van der Waals surface area contributed by atoms with E-state index in [0.29, 0.717) is 18.0 Å². The molecule has 0 spiro atoms. The summed E-state index contributed by atoms with van der Waals surface area (Å²) >= 11 is 1.22. The van der Waals surface area contributed by atoms with Crippen molar-refractivity contribution in [3.63, 3.8) is 0 Å². The summed E-state index contributed by atoms with van der Waals surface area (Å²) in [4.78, 5) is 38.2. The molecule has 10 heteroatoms. The topological polar surface area (TPSA) is 148 Å². The number of hydrogen-bond acceptors (Lipinski definition) is 6. The van der Waals surface area contributed by atoms with Gasteiger partial charge in [-0.25, -0.2) is 4.79 Å². The van der Waals surface area contributed by atoms with E-state index in [1.165, 1.54) is 11.3 Å². The molecule has 9 nitrogen and oxygen atoms in total. The maximum absolute atomic E-state index is 12.2. The number of rotatable bonds is 11. The number of nitrogens with one attached hydrogen (secondary N) is 1. The lowest BCUT2D eigenvalue weighted by atomic mass is 10.0. The molecule has 3 amide bonds. The summed E-state index contributed by atoms with van der Waals surface area (Å²) in [5, 5.41) is 12.8. The average molecular weight is 517 g/mol. The zero-order valence-electron chi connectivity index (χ0n) is 21.1. The number of carbonyl (C=O) groups is 3. The second-order valence-electron chi connectivity index (χ2n) is 10.1. The number of nitrogens with two attached hydrogens (primary N) is 2. The first-order valence-electron chi connectivity index (χ1n) is 12.2. The highest BCUT2D eigenvalue weighted by molar-refractivity contribution is 7.20. The second kappa shape index (κ2) is 11.9. The molecule has 0 unspecified atom stereocenters. The van der Waals surface area contributed by atoms with Crippen LogP contribution in [-0.4, -0.2) is 58.8 Å². The second-order valence-corrected chi connectivity index (χ2v) is 11.2. The van der Waals surface area contributed by atoms with Crippen molar-refractivity contribution in [2.75, 3.05) is 18.5 Å². The quantitative estimate of drug-likeness (QED) is 0.354. The van der Waals surface area contributed by atoms with Crippen LogP contribution in [0.5, 0.6) is 0 Å². The fourth-order valence-corrected chi connectivity index (χ4v) is 5.59. The lowest BCUT2D eigenvalue weighted by molar-refractivity contribution is -0.149. The Morgan fingerprint density at radius 2 is 1.89 bits per heavy atom. The van der Waals surface area contributed by atoms with E-state index in [9.17, 15) is 19.5 Å². The molecular weight excluding hydrogens is 480 g/mol. The first-order chi connectivity index (χ1) is 16.9. The number of primary amides is 2. The van der Waals surface area contributed by atoms with Crippen molar-refractivity contribution in [2.24, 2.45) is 11.5 Å². The fraction of sp³-hybridized carbons (Fsp3) is 0.500. The van der Waals surface area contributed by atoms with Crippen LogP contribution < -0.4 is 16.8 Å². The minimum Gasteiger partial charge on any atom is -0.480 e. The molecule has 196 valence electrons. The number of nitrogens with zero attached hydrogens (tertiary/aromatic N) is 1. The molecule has 1 saturated carbocycles. The van der Waals surface area contributed by atoms with Crippen molar-refractivity contribution in [1.29, 1.82) is 0 Å². The summed E-state index contributed by atoms with van der Waals surface area (Å²) in [6, 6.07) is 8.24. The number of ether oxygens (including phenoxy) is 1. The Hall–Kier alpha value is -2.95.